The highest BCUT2D eigenvalue weighted by Gasteiger charge is 2.31. The van der Waals surface area contributed by atoms with Gasteiger partial charge in [-0.25, -0.2) is 13.1 Å². The minimum absolute atomic E-state index is 0.0000471. The first-order chi connectivity index (χ1) is 9.45. The third-order valence-corrected chi connectivity index (χ3v) is 6.30. The summed E-state index contributed by atoms with van der Waals surface area (Å²) in [5.74, 6) is 1.09. The molecule has 114 valence electrons. The molecule has 1 atom stereocenters. The first-order valence-corrected chi connectivity index (χ1v) is 9.19. The van der Waals surface area contributed by atoms with Crippen LogP contribution in [0.5, 0.6) is 0 Å². The summed E-state index contributed by atoms with van der Waals surface area (Å²) in [5.41, 5.74) is 0. The lowest BCUT2D eigenvalue weighted by Gasteiger charge is -2.22. The second kappa shape index (κ2) is 6.46. The Morgan fingerprint density at radius 2 is 2.40 bits per heavy atom. The number of aliphatic hydroxyl groups excluding tert-OH is 1. The fraction of sp³-hybridized carbons (Fsp3) is 0.750. The van der Waals surface area contributed by atoms with Crippen molar-refractivity contribution in [3.05, 3.63) is 12.4 Å². The smallest absolute Gasteiger partial charge is 0.243 e. The average molecular weight is 319 g/mol. The van der Waals surface area contributed by atoms with Gasteiger partial charge in [0.15, 0.2) is 0 Å². The average Bonchev–Trinajstić information content (AvgIpc) is 3.04. The van der Waals surface area contributed by atoms with Crippen molar-refractivity contribution in [1.82, 2.24) is 14.5 Å². The Hall–Kier alpha value is -0.570. The van der Waals surface area contributed by atoms with Gasteiger partial charge in [0, 0.05) is 30.6 Å². The molecule has 2 rings (SSSR count). The predicted octanol–water partition coefficient (Wildman–Crippen LogP) is 0.829. The Labute approximate surface area is 124 Å². The normalized spacial score (nSPS) is 23.3. The van der Waals surface area contributed by atoms with E-state index in [9.17, 15) is 8.42 Å². The van der Waals surface area contributed by atoms with E-state index in [-0.39, 0.29) is 16.2 Å². The lowest BCUT2D eigenvalue weighted by molar-refractivity contribution is 0.277. The minimum Gasteiger partial charge on any atom is -0.396 e. The van der Waals surface area contributed by atoms with Crippen LogP contribution in [0.15, 0.2) is 17.3 Å². The fourth-order valence-electron chi connectivity index (χ4n) is 2.15. The number of sulfonamides is 1. The van der Waals surface area contributed by atoms with Crippen LogP contribution in [0.2, 0.25) is 0 Å². The van der Waals surface area contributed by atoms with Gasteiger partial charge < -0.3 is 5.11 Å². The molecule has 1 saturated heterocycles. The van der Waals surface area contributed by atoms with Crippen molar-refractivity contribution in [3.8, 4) is 0 Å². The number of aryl methyl sites for hydroxylation is 1. The van der Waals surface area contributed by atoms with Crippen molar-refractivity contribution in [1.29, 1.82) is 0 Å². The zero-order valence-corrected chi connectivity index (χ0v) is 13.2. The molecule has 6 nitrogen and oxygen atoms in total. The van der Waals surface area contributed by atoms with E-state index in [0.29, 0.717) is 19.5 Å². The fourth-order valence-corrected chi connectivity index (χ4v) is 4.60. The molecule has 0 aliphatic carbocycles. The molecule has 1 aromatic heterocycles. The molecule has 1 fully saturated rings. The van der Waals surface area contributed by atoms with Crippen LogP contribution < -0.4 is 4.72 Å². The van der Waals surface area contributed by atoms with Crippen LogP contribution >= 0.6 is 11.8 Å². The Kier molecular flexibility index (Phi) is 5.11. The van der Waals surface area contributed by atoms with E-state index >= 15 is 0 Å². The summed E-state index contributed by atoms with van der Waals surface area (Å²) in [6.07, 6.45) is 5.59. The zero-order chi connectivity index (χ0) is 14.6. The number of hydrogen-bond acceptors (Lipinski definition) is 5. The monoisotopic (exact) mass is 319 g/mol. The zero-order valence-electron chi connectivity index (χ0n) is 11.6. The highest BCUT2D eigenvalue weighted by molar-refractivity contribution is 8.01. The van der Waals surface area contributed by atoms with Gasteiger partial charge in [-0.1, -0.05) is 0 Å². The number of aromatic nitrogens is 2. The van der Waals surface area contributed by atoms with Crippen LogP contribution in [0.25, 0.3) is 0 Å². The summed E-state index contributed by atoms with van der Waals surface area (Å²) in [4.78, 5) is 0.182. The van der Waals surface area contributed by atoms with Crippen molar-refractivity contribution in [2.24, 2.45) is 0 Å². The van der Waals surface area contributed by atoms with Crippen LogP contribution in [0.4, 0.5) is 0 Å². The molecule has 0 saturated carbocycles. The second-order valence-electron chi connectivity index (χ2n) is 5.24. The van der Waals surface area contributed by atoms with Crippen LogP contribution in [0.1, 0.15) is 26.2 Å². The topological polar surface area (TPSA) is 84.2 Å². The maximum atomic E-state index is 12.2. The summed E-state index contributed by atoms with van der Waals surface area (Å²) < 4.78 is 28.6. The number of nitrogens with zero attached hydrogens (tertiary/aromatic N) is 2. The van der Waals surface area contributed by atoms with Gasteiger partial charge in [-0.2, -0.15) is 16.9 Å². The molecule has 2 heterocycles. The molecule has 1 aromatic rings. The van der Waals surface area contributed by atoms with Gasteiger partial charge in [0.05, 0.1) is 6.20 Å². The number of aliphatic hydroxyl groups is 1. The summed E-state index contributed by atoms with van der Waals surface area (Å²) >= 11 is 1.82. The number of rotatable bonds is 7. The molecular weight excluding hydrogens is 298 g/mol. The lowest BCUT2D eigenvalue weighted by Crippen LogP contribution is -2.36. The van der Waals surface area contributed by atoms with Crippen molar-refractivity contribution in [2.45, 2.75) is 42.4 Å². The van der Waals surface area contributed by atoms with Crippen molar-refractivity contribution >= 4 is 21.8 Å². The summed E-state index contributed by atoms with van der Waals surface area (Å²) in [7, 11) is -3.50. The van der Waals surface area contributed by atoms with Gasteiger partial charge in [-0.3, -0.25) is 4.68 Å². The van der Waals surface area contributed by atoms with E-state index in [2.05, 4.69) is 16.7 Å². The predicted molar refractivity (Wildman–Crippen MR) is 79.2 cm³/mol. The van der Waals surface area contributed by atoms with Gasteiger partial charge in [0.25, 0.3) is 0 Å². The third-order valence-electron chi connectivity index (χ3n) is 3.40. The largest absolute Gasteiger partial charge is 0.396 e. The second-order valence-corrected chi connectivity index (χ2v) is 8.69. The summed E-state index contributed by atoms with van der Waals surface area (Å²) in [6, 6.07) is 0. The van der Waals surface area contributed by atoms with Crippen LogP contribution in [-0.2, 0) is 16.6 Å². The molecule has 1 unspecified atom stereocenters. The van der Waals surface area contributed by atoms with E-state index in [1.807, 2.05) is 11.8 Å². The van der Waals surface area contributed by atoms with Crippen molar-refractivity contribution < 1.29 is 13.5 Å². The van der Waals surface area contributed by atoms with Crippen molar-refractivity contribution in [2.75, 3.05) is 18.9 Å². The highest BCUT2D eigenvalue weighted by atomic mass is 32.2. The van der Waals surface area contributed by atoms with E-state index in [1.54, 1.807) is 0 Å². The molecule has 0 aromatic carbocycles. The van der Waals surface area contributed by atoms with E-state index in [1.165, 1.54) is 17.1 Å². The maximum Gasteiger partial charge on any atom is 0.243 e. The third kappa shape index (κ3) is 3.97. The minimum atomic E-state index is -3.50. The van der Waals surface area contributed by atoms with Gasteiger partial charge in [-0.15, -0.1) is 0 Å². The molecule has 0 amide bonds. The maximum absolute atomic E-state index is 12.2. The highest BCUT2D eigenvalue weighted by Crippen LogP contribution is 2.37. The van der Waals surface area contributed by atoms with E-state index in [0.717, 1.165) is 18.6 Å². The molecular formula is C12H21N3O3S2. The molecule has 1 aliphatic rings. The van der Waals surface area contributed by atoms with Crippen LogP contribution in [0, 0.1) is 0 Å². The molecule has 1 aliphatic heterocycles. The standard InChI is InChI=1S/C12H21N3O3S2/c1-12(4-2-7-19-12)10-14-20(17,18)11-8-13-15(9-11)5-3-6-16/h8-9,14,16H,2-7,10H2,1H3. The Bertz CT molecular complexity index is 536. The van der Waals surface area contributed by atoms with Gasteiger partial charge in [0.2, 0.25) is 10.0 Å². The Morgan fingerprint density at radius 3 is 3.05 bits per heavy atom. The molecule has 8 heteroatoms. The van der Waals surface area contributed by atoms with Gasteiger partial charge in [-0.05, 0) is 31.9 Å². The number of thioether (sulfide) groups is 1. The van der Waals surface area contributed by atoms with Gasteiger partial charge >= 0.3 is 0 Å². The van der Waals surface area contributed by atoms with Crippen LogP contribution in [-0.4, -0.2) is 47.0 Å². The van der Waals surface area contributed by atoms with E-state index < -0.39 is 10.0 Å². The van der Waals surface area contributed by atoms with E-state index in [4.69, 9.17) is 5.11 Å². The summed E-state index contributed by atoms with van der Waals surface area (Å²) in [5, 5.41) is 12.8. The number of nitrogens with one attached hydrogen (secondary N) is 1. The lowest BCUT2D eigenvalue weighted by atomic mass is 10.1. The molecule has 20 heavy (non-hydrogen) atoms. The number of hydrogen-bond donors (Lipinski definition) is 2. The quantitative estimate of drug-likeness (QED) is 0.778. The molecule has 2 N–H and O–H groups in total. The molecule has 0 bridgehead atoms. The first-order valence-electron chi connectivity index (χ1n) is 6.72. The molecule has 0 spiro atoms. The Morgan fingerprint density at radius 1 is 1.60 bits per heavy atom. The SMILES string of the molecule is CC1(CNS(=O)(=O)c2cnn(CCCO)c2)CCCS1. The molecule has 0 radical (unpaired) electrons. The van der Waals surface area contributed by atoms with Gasteiger partial charge in [0.1, 0.15) is 4.90 Å². The Balaban J connectivity index is 1.97. The first kappa shape index (κ1) is 15.8. The van der Waals surface area contributed by atoms with Crippen molar-refractivity contribution in [3.63, 3.8) is 0 Å². The van der Waals surface area contributed by atoms with Crippen LogP contribution in [0.3, 0.4) is 0 Å². The summed E-state index contributed by atoms with van der Waals surface area (Å²) in [6.45, 7) is 3.12.